The number of esters is 1. The summed E-state index contributed by atoms with van der Waals surface area (Å²) < 4.78 is 44.6. The van der Waals surface area contributed by atoms with E-state index in [2.05, 4.69) is 4.72 Å². The van der Waals surface area contributed by atoms with Gasteiger partial charge in [0.15, 0.2) is 18.1 Å². The Balaban J connectivity index is 1.49. The Morgan fingerprint density at radius 1 is 1.06 bits per heavy atom. The highest BCUT2D eigenvalue weighted by molar-refractivity contribution is 7.89. The number of ketones is 1. The van der Waals surface area contributed by atoms with Crippen LogP contribution in [0.1, 0.15) is 39.0 Å². The van der Waals surface area contributed by atoms with Crippen molar-refractivity contribution in [1.29, 1.82) is 0 Å². The van der Waals surface area contributed by atoms with E-state index >= 15 is 0 Å². The molecule has 0 amide bonds. The molecule has 3 aromatic rings. The fraction of sp³-hybridized carbons (Fsp3) is 0.250. The van der Waals surface area contributed by atoms with Crippen molar-refractivity contribution in [2.45, 2.75) is 25.7 Å². The van der Waals surface area contributed by atoms with E-state index in [0.29, 0.717) is 22.8 Å². The molecule has 0 spiro atoms. The van der Waals surface area contributed by atoms with Crippen molar-refractivity contribution >= 4 is 21.8 Å². The van der Waals surface area contributed by atoms with Crippen LogP contribution in [0.4, 0.5) is 0 Å². The Labute approximate surface area is 197 Å². The molecule has 0 saturated carbocycles. The molecule has 2 heterocycles. The van der Waals surface area contributed by atoms with Gasteiger partial charge in [0.05, 0.1) is 10.5 Å². The van der Waals surface area contributed by atoms with E-state index in [1.54, 1.807) is 13.0 Å². The topological polar surface area (TPSA) is 113 Å². The molecular weight excluding hydrogens is 460 g/mol. The smallest absolute Gasteiger partial charge is 0.338 e. The summed E-state index contributed by atoms with van der Waals surface area (Å²) in [6.07, 6.45) is 0. The molecule has 1 aliphatic rings. The predicted octanol–water partition coefficient (Wildman–Crippen LogP) is 3.16. The van der Waals surface area contributed by atoms with Crippen molar-refractivity contribution in [3.63, 3.8) is 0 Å². The van der Waals surface area contributed by atoms with E-state index in [4.69, 9.17) is 14.2 Å². The van der Waals surface area contributed by atoms with Gasteiger partial charge in [-0.3, -0.25) is 4.79 Å². The van der Waals surface area contributed by atoms with Gasteiger partial charge in [-0.15, -0.1) is 0 Å². The summed E-state index contributed by atoms with van der Waals surface area (Å²) in [7, 11) is -3.72. The van der Waals surface area contributed by atoms with E-state index in [0.717, 1.165) is 11.4 Å². The first kappa shape index (κ1) is 23.5. The fourth-order valence-corrected chi connectivity index (χ4v) is 4.91. The second-order valence-corrected chi connectivity index (χ2v) is 9.45. The van der Waals surface area contributed by atoms with Crippen molar-refractivity contribution in [3.05, 3.63) is 71.0 Å². The predicted molar refractivity (Wildman–Crippen MR) is 123 cm³/mol. The number of nitrogens with zero attached hydrogens (tertiary/aromatic N) is 1. The Morgan fingerprint density at radius 3 is 2.59 bits per heavy atom. The van der Waals surface area contributed by atoms with Crippen LogP contribution < -0.4 is 14.2 Å². The normalized spacial score (nSPS) is 12.6. The lowest BCUT2D eigenvalue weighted by atomic mass is 10.1. The third-order valence-electron chi connectivity index (χ3n) is 5.39. The highest BCUT2D eigenvalue weighted by Crippen LogP contribution is 2.35. The number of aromatic nitrogens is 1. The first-order valence-corrected chi connectivity index (χ1v) is 12.1. The molecule has 4 rings (SSSR count). The maximum atomic E-state index is 12.9. The number of Topliss-reactive ketones (excluding diaryl/α,β-unsaturated/α-hetero) is 1. The van der Waals surface area contributed by atoms with E-state index < -0.39 is 22.6 Å². The maximum Gasteiger partial charge on any atom is 0.338 e. The molecule has 0 radical (unpaired) electrons. The zero-order valence-corrected chi connectivity index (χ0v) is 19.8. The largest absolute Gasteiger partial charge is 0.454 e. The van der Waals surface area contributed by atoms with Crippen LogP contribution in [0.2, 0.25) is 0 Å². The molecule has 34 heavy (non-hydrogen) atoms. The minimum Gasteiger partial charge on any atom is -0.454 e. The zero-order chi connectivity index (χ0) is 24.5. The average Bonchev–Trinajstić information content (AvgIpc) is 3.40. The highest BCUT2D eigenvalue weighted by Gasteiger charge is 2.21. The Hall–Kier alpha value is -3.63. The van der Waals surface area contributed by atoms with Gasteiger partial charge in [-0.05, 0) is 50.2 Å². The number of benzene rings is 2. The van der Waals surface area contributed by atoms with E-state index in [1.807, 2.05) is 36.6 Å². The summed E-state index contributed by atoms with van der Waals surface area (Å²) in [6.45, 7) is 5.25. The molecule has 10 heteroatoms. The number of sulfonamides is 1. The van der Waals surface area contributed by atoms with Crippen LogP contribution >= 0.6 is 0 Å². The molecule has 9 nitrogen and oxygen atoms in total. The number of carbonyl (C=O) groups is 2. The van der Waals surface area contributed by atoms with Crippen molar-refractivity contribution < 1.29 is 32.2 Å². The Kier molecular flexibility index (Phi) is 6.45. The molecule has 0 atom stereocenters. The Morgan fingerprint density at radius 2 is 1.82 bits per heavy atom. The average molecular weight is 485 g/mol. The van der Waals surface area contributed by atoms with Crippen molar-refractivity contribution in [2.24, 2.45) is 0 Å². The van der Waals surface area contributed by atoms with E-state index in [9.17, 15) is 18.0 Å². The molecule has 2 aromatic carbocycles. The summed E-state index contributed by atoms with van der Waals surface area (Å²) in [5.41, 5.74) is 2.79. The third-order valence-corrected chi connectivity index (χ3v) is 6.94. The van der Waals surface area contributed by atoms with Gasteiger partial charge in [0, 0.05) is 35.2 Å². The first-order valence-electron chi connectivity index (χ1n) is 10.6. The van der Waals surface area contributed by atoms with Gasteiger partial charge in [-0.25, -0.2) is 17.9 Å². The van der Waals surface area contributed by atoms with Crippen molar-refractivity contribution in [1.82, 2.24) is 9.29 Å². The van der Waals surface area contributed by atoms with Gasteiger partial charge in [0.25, 0.3) is 0 Å². The monoisotopic (exact) mass is 484 g/mol. The minimum absolute atomic E-state index is 0.0395. The van der Waals surface area contributed by atoms with Crippen molar-refractivity contribution in [2.75, 3.05) is 19.9 Å². The van der Waals surface area contributed by atoms with Gasteiger partial charge in [-0.2, -0.15) is 0 Å². The fourth-order valence-electron chi connectivity index (χ4n) is 3.82. The summed E-state index contributed by atoms with van der Waals surface area (Å²) in [4.78, 5) is 25.3. The Bertz CT molecular complexity index is 1380. The molecule has 1 N–H and O–H groups in total. The lowest BCUT2D eigenvalue weighted by Crippen LogP contribution is -2.23. The third kappa shape index (κ3) is 4.55. The molecule has 0 fully saturated rings. The number of rotatable bonds is 8. The van der Waals surface area contributed by atoms with E-state index in [-0.39, 0.29) is 29.6 Å². The molecule has 1 aromatic heterocycles. The van der Waals surface area contributed by atoms with Gasteiger partial charge in [0.1, 0.15) is 0 Å². The number of carbonyl (C=O) groups excluding carboxylic acids is 2. The second kappa shape index (κ2) is 9.32. The SMILES string of the molecule is CCNS(=O)(=O)c1cccc(C(=O)OCC(=O)c2cc(C)n(-c3ccc4c(c3)OCO4)c2C)c1. The van der Waals surface area contributed by atoms with Crippen LogP contribution in [0.3, 0.4) is 0 Å². The maximum absolute atomic E-state index is 12.9. The van der Waals surface area contributed by atoms with Gasteiger partial charge in [0.2, 0.25) is 22.6 Å². The lowest BCUT2D eigenvalue weighted by molar-refractivity contribution is 0.0474. The van der Waals surface area contributed by atoms with Crippen LogP contribution in [0.25, 0.3) is 5.69 Å². The lowest BCUT2D eigenvalue weighted by Gasteiger charge is -2.11. The van der Waals surface area contributed by atoms with Crippen LogP contribution in [-0.2, 0) is 14.8 Å². The number of ether oxygens (including phenoxy) is 3. The van der Waals surface area contributed by atoms with Crippen LogP contribution in [-0.4, -0.2) is 44.7 Å². The molecule has 0 bridgehead atoms. The number of nitrogens with one attached hydrogen (secondary N) is 1. The van der Waals surface area contributed by atoms with Gasteiger partial charge in [-0.1, -0.05) is 13.0 Å². The second-order valence-electron chi connectivity index (χ2n) is 7.69. The quantitative estimate of drug-likeness (QED) is 0.386. The van der Waals surface area contributed by atoms with Crippen LogP contribution in [0.5, 0.6) is 11.5 Å². The summed E-state index contributed by atoms with van der Waals surface area (Å²) in [5, 5.41) is 0. The van der Waals surface area contributed by atoms with Crippen LogP contribution in [0, 0.1) is 13.8 Å². The molecule has 0 unspecified atom stereocenters. The molecular formula is C24H24N2O7S. The van der Waals surface area contributed by atoms with E-state index in [1.165, 1.54) is 24.3 Å². The molecule has 178 valence electrons. The standard InChI is InChI=1S/C24H24N2O7S/c1-4-25-34(29,30)19-7-5-6-17(11-19)24(28)31-13-21(27)20-10-15(2)26(16(20)3)18-8-9-22-23(12-18)33-14-32-22/h5-12,25H,4,13-14H2,1-3H3. The molecule has 0 aliphatic carbocycles. The van der Waals surface area contributed by atoms with Gasteiger partial charge >= 0.3 is 5.97 Å². The summed E-state index contributed by atoms with van der Waals surface area (Å²) >= 11 is 0. The van der Waals surface area contributed by atoms with Crippen molar-refractivity contribution in [3.8, 4) is 17.2 Å². The number of hydrogen-bond donors (Lipinski definition) is 1. The minimum atomic E-state index is -3.72. The molecule has 1 aliphatic heterocycles. The number of hydrogen-bond acceptors (Lipinski definition) is 7. The first-order chi connectivity index (χ1) is 16.2. The van der Waals surface area contributed by atoms with Gasteiger partial charge < -0.3 is 18.8 Å². The zero-order valence-electron chi connectivity index (χ0n) is 19.0. The number of fused-ring (bicyclic) bond motifs is 1. The summed E-state index contributed by atoms with van der Waals surface area (Å²) in [6, 6.07) is 12.7. The highest BCUT2D eigenvalue weighted by atomic mass is 32.2. The summed E-state index contributed by atoms with van der Waals surface area (Å²) in [5.74, 6) is 0.137. The molecule has 0 saturated heterocycles. The number of aryl methyl sites for hydroxylation is 1. The van der Waals surface area contributed by atoms with Crippen LogP contribution in [0.15, 0.2) is 53.4 Å².